The zero-order chi connectivity index (χ0) is 28.1. The lowest BCUT2D eigenvalue weighted by molar-refractivity contribution is -0.127. The first-order valence-corrected chi connectivity index (χ1v) is 13.4. The van der Waals surface area contributed by atoms with Gasteiger partial charge < -0.3 is 10.1 Å². The van der Waals surface area contributed by atoms with E-state index in [1.807, 2.05) is 0 Å². The largest absolute Gasteiger partial charge is 0.376 e. The van der Waals surface area contributed by atoms with Crippen LogP contribution in [0.4, 0.5) is 10.1 Å². The zero-order valence-electron chi connectivity index (χ0n) is 21.2. The maximum Gasteiger partial charge on any atom is 0.251 e. The van der Waals surface area contributed by atoms with Gasteiger partial charge in [-0.3, -0.25) is 14.5 Å². The molecule has 9 nitrogen and oxygen atoms in total. The number of hydrogen-bond donors (Lipinski definition) is 1. The normalized spacial score (nSPS) is 15.5. The molecule has 5 rings (SSSR count). The van der Waals surface area contributed by atoms with Crippen LogP contribution in [0.1, 0.15) is 24.4 Å². The van der Waals surface area contributed by atoms with Crippen LogP contribution in [0.25, 0.3) is 11.4 Å². The fourth-order valence-electron chi connectivity index (χ4n) is 4.44. The minimum atomic E-state index is -1.13. The van der Waals surface area contributed by atoms with Crippen molar-refractivity contribution in [2.45, 2.75) is 31.5 Å². The Hall–Kier alpha value is -3.86. The van der Waals surface area contributed by atoms with Gasteiger partial charge in [0.05, 0.1) is 6.10 Å². The highest BCUT2D eigenvalue weighted by Gasteiger charge is 2.34. The van der Waals surface area contributed by atoms with Gasteiger partial charge in [-0.1, -0.05) is 35.3 Å². The highest BCUT2D eigenvalue weighted by molar-refractivity contribution is 6.31. The number of benzene rings is 3. The Morgan fingerprint density at radius 1 is 1.02 bits per heavy atom. The molecule has 2 heterocycles. The molecule has 12 heteroatoms. The standard InChI is InChI=1S/C28H25Cl2FN6O3/c29-20-7-3-19(4-8-20)27-33-35-36(34-27)17-25(38)37(23-13-9-21(30)10-14-23)26(18-5-11-22(31)12-6-18)28(39)32-16-24-2-1-15-40-24/h3-14,24,26H,1-2,15-17H2,(H,32,39). The Labute approximate surface area is 239 Å². The molecule has 2 amide bonds. The van der Waals surface area contributed by atoms with Crippen LogP contribution in [0.2, 0.25) is 10.0 Å². The summed E-state index contributed by atoms with van der Waals surface area (Å²) in [6.07, 6.45) is 1.64. The summed E-state index contributed by atoms with van der Waals surface area (Å²) in [5.41, 5.74) is 1.51. The lowest BCUT2D eigenvalue weighted by atomic mass is 10.0. The number of amides is 2. The molecule has 1 aliphatic rings. The topological polar surface area (TPSA) is 102 Å². The average molecular weight is 583 g/mol. The maximum atomic E-state index is 13.9. The monoisotopic (exact) mass is 582 g/mol. The van der Waals surface area contributed by atoms with Crippen LogP contribution < -0.4 is 10.2 Å². The fourth-order valence-corrected chi connectivity index (χ4v) is 4.69. The molecule has 0 saturated carbocycles. The van der Waals surface area contributed by atoms with Crippen molar-refractivity contribution in [1.29, 1.82) is 0 Å². The molecular weight excluding hydrogens is 558 g/mol. The first-order chi connectivity index (χ1) is 19.4. The number of carbonyl (C=O) groups is 2. The number of anilines is 1. The van der Waals surface area contributed by atoms with E-state index in [1.165, 1.54) is 29.2 Å². The zero-order valence-corrected chi connectivity index (χ0v) is 22.7. The number of halogens is 3. The predicted octanol–water partition coefficient (Wildman–Crippen LogP) is 4.86. The number of ether oxygens (including phenoxy) is 1. The van der Waals surface area contributed by atoms with E-state index in [1.54, 1.807) is 48.5 Å². The van der Waals surface area contributed by atoms with Crippen LogP contribution in [0.5, 0.6) is 0 Å². The van der Waals surface area contributed by atoms with E-state index >= 15 is 0 Å². The van der Waals surface area contributed by atoms with Crippen molar-refractivity contribution in [2.75, 3.05) is 18.1 Å². The van der Waals surface area contributed by atoms with Crippen molar-refractivity contribution in [3.05, 3.63) is 94.2 Å². The third-order valence-corrected chi connectivity index (χ3v) is 6.93. The number of nitrogens with one attached hydrogen (secondary N) is 1. The van der Waals surface area contributed by atoms with Gasteiger partial charge in [-0.05, 0) is 84.3 Å². The van der Waals surface area contributed by atoms with Crippen molar-refractivity contribution >= 4 is 40.7 Å². The van der Waals surface area contributed by atoms with Crippen LogP contribution in [-0.2, 0) is 20.9 Å². The lowest BCUT2D eigenvalue weighted by Gasteiger charge is -2.31. The van der Waals surface area contributed by atoms with Crippen molar-refractivity contribution in [1.82, 2.24) is 25.5 Å². The van der Waals surface area contributed by atoms with Gasteiger partial charge in [0.1, 0.15) is 18.4 Å². The summed E-state index contributed by atoms with van der Waals surface area (Å²) in [5.74, 6) is -1.09. The summed E-state index contributed by atoms with van der Waals surface area (Å²) in [6.45, 7) is 0.606. The highest BCUT2D eigenvalue weighted by Crippen LogP contribution is 2.30. The number of rotatable bonds is 9. The Kier molecular flexibility index (Phi) is 8.69. The molecule has 206 valence electrons. The van der Waals surface area contributed by atoms with Crippen molar-refractivity contribution < 1.29 is 18.7 Å². The molecule has 4 aromatic rings. The van der Waals surface area contributed by atoms with Gasteiger partial charge in [0.15, 0.2) is 0 Å². The predicted molar refractivity (Wildman–Crippen MR) is 148 cm³/mol. The molecule has 1 fully saturated rings. The first kappa shape index (κ1) is 27.7. The fraction of sp³-hybridized carbons (Fsp3) is 0.250. The Balaban J connectivity index is 1.47. The summed E-state index contributed by atoms with van der Waals surface area (Å²) in [7, 11) is 0. The molecule has 0 aliphatic carbocycles. The second-order valence-electron chi connectivity index (χ2n) is 9.22. The molecule has 1 N–H and O–H groups in total. The molecule has 0 spiro atoms. The Morgan fingerprint density at radius 2 is 1.70 bits per heavy atom. The van der Waals surface area contributed by atoms with E-state index in [0.717, 1.165) is 17.6 Å². The van der Waals surface area contributed by atoms with E-state index in [0.29, 0.717) is 39.3 Å². The summed E-state index contributed by atoms with van der Waals surface area (Å²) < 4.78 is 19.5. The summed E-state index contributed by atoms with van der Waals surface area (Å²) >= 11 is 12.1. The quantitative estimate of drug-likeness (QED) is 0.302. The van der Waals surface area contributed by atoms with Crippen molar-refractivity contribution in [3.63, 3.8) is 0 Å². The van der Waals surface area contributed by atoms with Gasteiger partial charge in [0.2, 0.25) is 11.7 Å². The number of tetrazole rings is 1. The van der Waals surface area contributed by atoms with Crippen LogP contribution in [-0.4, -0.2) is 51.3 Å². The second-order valence-corrected chi connectivity index (χ2v) is 10.1. The van der Waals surface area contributed by atoms with Gasteiger partial charge in [-0.25, -0.2) is 4.39 Å². The van der Waals surface area contributed by atoms with Gasteiger partial charge >= 0.3 is 0 Å². The molecule has 1 aromatic heterocycles. The molecule has 2 unspecified atom stereocenters. The number of hydrogen-bond acceptors (Lipinski definition) is 6. The van der Waals surface area contributed by atoms with Gasteiger partial charge in [0.25, 0.3) is 5.91 Å². The van der Waals surface area contributed by atoms with E-state index in [9.17, 15) is 14.0 Å². The number of carbonyl (C=O) groups excluding carboxylic acids is 2. The molecule has 1 aliphatic heterocycles. The molecule has 2 atom stereocenters. The highest BCUT2D eigenvalue weighted by atomic mass is 35.5. The molecular formula is C28H25Cl2FN6O3. The summed E-state index contributed by atoms with van der Waals surface area (Å²) in [4.78, 5) is 30.1. The molecule has 3 aromatic carbocycles. The van der Waals surface area contributed by atoms with Gasteiger partial charge in [-0.2, -0.15) is 4.80 Å². The number of nitrogens with zero attached hydrogens (tertiary/aromatic N) is 5. The van der Waals surface area contributed by atoms with Gasteiger partial charge in [0, 0.05) is 34.4 Å². The Morgan fingerprint density at radius 3 is 2.35 bits per heavy atom. The lowest BCUT2D eigenvalue weighted by Crippen LogP contribution is -2.46. The molecule has 0 bridgehead atoms. The SMILES string of the molecule is O=C(NCC1CCCO1)C(c1ccc(F)cc1)N(C(=O)Cn1nnc(-c2ccc(Cl)cc2)n1)c1ccc(Cl)cc1. The van der Waals surface area contributed by atoms with Crippen LogP contribution in [0.15, 0.2) is 72.8 Å². The minimum absolute atomic E-state index is 0.108. The Bertz CT molecular complexity index is 1460. The average Bonchev–Trinajstić information content (AvgIpc) is 3.65. The third kappa shape index (κ3) is 6.64. The molecule has 0 radical (unpaired) electrons. The van der Waals surface area contributed by atoms with Crippen LogP contribution in [0, 0.1) is 5.82 Å². The smallest absolute Gasteiger partial charge is 0.251 e. The molecule has 40 heavy (non-hydrogen) atoms. The maximum absolute atomic E-state index is 13.9. The van der Waals surface area contributed by atoms with E-state index in [4.69, 9.17) is 27.9 Å². The summed E-state index contributed by atoms with van der Waals surface area (Å²) in [6, 6.07) is 17.7. The van der Waals surface area contributed by atoms with Crippen LogP contribution in [0.3, 0.4) is 0 Å². The third-order valence-electron chi connectivity index (χ3n) is 6.43. The summed E-state index contributed by atoms with van der Waals surface area (Å²) in [5, 5.41) is 16.3. The minimum Gasteiger partial charge on any atom is -0.376 e. The second kappa shape index (κ2) is 12.5. The van der Waals surface area contributed by atoms with Crippen LogP contribution >= 0.6 is 23.2 Å². The molecule has 1 saturated heterocycles. The van der Waals surface area contributed by atoms with E-state index < -0.39 is 23.7 Å². The van der Waals surface area contributed by atoms with Crippen molar-refractivity contribution in [3.8, 4) is 11.4 Å². The van der Waals surface area contributed by atoms with Crippen molar-refractivity contribution in [2.24, 2.45) is 0 Å². The van der Waals surface area contributed by atoms with Gasteiger partial charge in [-0.15, -0.1) is 10.2 Å². The van der Waals surface area contributed by atoms with E-state index in [2.05, 4.69) is 20.7 Å². The number of aromatic nitrogens is 4. The first-order valence-electron chi connectivity index (χ1n) is 12.6. The van der Waals surface area contributed by atoms with E-state index in [-0.39, 0.29) is 19.2 Å².